The van der Waals surface area contributed by atoms with Crippen molar-refractivity contribution in [2.24, 2.45) is 0 Å². The lowest BCUT2D eigenvalue weighted by Crippen LogP contribution is -2.37. The summed E-state index contributed by atoms with van der Waals surface area (Å²) >= 11 is 0. The maximum atomic E-state index is 13.6. The van der Waals surface area contributed by atoms with Crippen molar-refractivity contribution >= 4 is 17.8 Å². The van der Waals surface area contributed by atoms with E-state index in [9.17, 15) is 18.8 Å². The Bertz CT molecular complexity index is 635. The van der Waals surface area contributed by atoms with Gasteiger partial charge in [-0.15, -0.1) is 0 Å². The van der Waals surface area contributed by atoms with Crippen molar-refractivity contribution in [3.63, 3.8) is 0 Å². The molecule has 1 aromatic rings. The highest BCUT2D eigenvalue weighted by atomic mass is 19.1. The first-order chi connectivity index (χ1) is 12.0. The van der Waals surface area contributed by atoms with E-state index in [1.54, 1.807) is 18.2 Å². The van der Waals surface area contributed by atoms with Gasteiger partial charge in [-0.25, -0.2) is 4.39 Å². The van der Waals surface area contributed by atoms with Crippen molar-refractivity contribution in [1.82, 2.24) is 9.80 Å². The van der Waals surface area contributed by atoms with E-state index in [0.717, 1.165) is 19.3 Å². The van der Waals surface area contributed by atoms with Crippen LogP contribution >= 0.6 is 0 Å². The van der Waals surface area contributed by atoms with E-state index >= 15 is 0 Å². The molecule has 0 saturated carbocycles. The summed E-state index contributed by atoms with van der Waals surface area (Å²) in [6, 6.07) is 6.18. The standard InChI is InChI=1S/C18H23FN2O4/c1-20(11-14-7-4-5-8-15(14)19)17(23)13-25-18(24)12-21-10-6-2-3-9-16(21)22/h4-5,7-8H,2-3,6,9-13H2,1H3. The number of ether oxygens (including phenoxy) is 1. The lowest BCUT2D eigenvalue weighted by Gasteiger charge is -2.20. The van der Waals surface area contributed by atoms with Gasteiger partial charge >= 0.3 is 5.97 Å². The van der Waals surface area contributed by atoms with Crippen molar-refractivity contribution in [2.75, 3.05) is 26.7 Å². The number of hydrogen-bond acceptors (Lipinski definition) is 4. The Labute approximate surface area is 146 Å². The SMILES string of the molecule is CN(Cc1ccccc1F)C(=O)COC(=O)CN1CCCCCC1=O. The summed E-state index contributed by atoms with van der Waals surface area (Å²) in [6.07, 6.45) is 3.11. The molecule has 0 aromatic heterocycles. The molecule has 0 radical (unpaired) electrons. The van der Waals surface area contributed by atoms with Crippen molar-refractivity contribution in [2.45, 2.75) is 32.2 Å². The summed E-state index contributed by atoms with van der Waals surface area (Å²) in [7, 11) is 1.51. The Morgan fingerprint density at radius 1 is 1.24 bits per heavy atom. The number of amides is 2. The summed E-state index contributed by atoms with van der Waals surface area (Å²) in [5.74, 6) is -1.49. The van der Waals surface area contributed by atoms with Gasteiger partial charge in [0.05, 0.1) is 0 Å². The van der Waals surface area contributed by atoms with E-state index in [0.29, 0.717) is 18.5 Å². The Balaban J connectivity index is 1.77. The minimum atomic E-state index is -0.608. The number of likely N-dealkylation sites (N-methyl/N-ethyl adjacent to an activating group) is 1. The minimum Gasteiger partial charge on any atom is -0.454 e. The molecule has 0 spiro atoms. The third-order valence-electron chi connectivity index (χ3n) is 4.14. The lowest BCUT2D eigenvalue weighted by molar-refractivity contribution is -0.154. The van der Waals surface area contributed by atoms with Gasteiger partial charge < -0.3 is 14.5 Å². The smallest absolute Gasteiger partial charge is 0.326 e. The van der Waals surface area contributed by atoms with Crippen LogP contribution in [-0.4, -0.2) is 54.3 Å². The summed E-state index contributed by atoms with van der Waals surface area (Å²) in [6.45, 7) is 0.0672. The molecule has 1 aliphatic rings. The molecule has 1 aliphatic heterocycles. The van der Waals surface area contributed by atoms with E-state index < -0.39 is 18.5 Å². The van der Waals surface area contributed by atoms with E-state index in [1.807, 2.05) is 0 Å². The molecule has 25 heavy (non-hydrogen) atoms. The molecule has 7 heteroatoms. The van der Waals surface area contributed by atoms with E-state index in [2.05, 4.69) is 0 Å². The molecular weight excluding hydrogens is 327 g/mol. The molecule has 1 saturated heterocycles. The fourth-order valence-electron chi connectivity index (χ4n) is 2.63. The number of rotatable bonds is 6. The van der Waals surface area contributed by atoms with Crippen LogP contribution in [0.25, 0.3) is 0 Å². The first-order valence-corrected chi connectivity index (χ1v) is 8.38. The molecule has 0 unspecified atom stereocenters. The second-order valence-electron chi connectivity index (χ2n) is 6.13. The van der Waals surface area contributed by atoms with Crippen LogP contribution in [-0.2, 0) is 25.7 Å². The topological polar surface area (TPSA) is 66.9 Å². The Hall–Kier alpha value is -2.44. The fourth-order valence-corrected chi connectivity index (χ4v) is 2.63. The van der Waals surface area contributed by atoms with Crippen LogP contribution in [0.15, 0.2) is 24.3 Å². The summed E-state index contributed by atoms with van der Waals surface area (Å²) < 4.78 is 18.6. The maximum absolute atomic E-state index is 13.6. The first kappa shape index (κ1) is 18.9. The lowest BCUT2D eigenvalue weighted by atomic mass is 10.2. The molecule has 0 aliphatic carbocycles. The number of hydrogen-bond donors (Lipinski definition) is 0. The normalized spacial score (nSPS) is 14.8. The Morgan fingerprint density at radius 3 is 2.76 bits per heavy atom. The Morgan fingerprint density at radius 2 is 2.00 bits per heavy atom. The maximum Gasteiger partial charge on any atom is 0.326 e. The number of esters is 1. The first-order valence-electron chi connectivity index (χ1n) is 8.38. The fraction of sp³-hybridized carbons (Fsp3) is 0.500. The summed E-state index contributed by atoms with van der Waals surface area (Å²) in [5.41, 5.74) is 0.389. The van der Waals surface area contributed by atoms with E-state index in [4.69, 9.17) is 4.74 Å². The number of halogens is 1. The predicted molar refractivity (Wildman–Crippen MR) is 88.9 cm³/mol. The van der Waals surface area contributed by atoms with E-state index in [-0.39, 0.29) is 24.8 Å². The summed E-state index contributed by atoms with van der Waals surface area (Å²) in [5, 5.41) is 0. The van der Waals surface area contributed by atoms with Gasteiger partial charge in [-0.1, -0.05) is 24.6 Å². The largest absolute Gasteiger partial charge is 0.454 e. The molecule has 6 nitrogen and oxygen atoms in total. The molecule has 136 valence electrons. The molecule has 1 fully saturated rings. The second kappa shape index (κ2) is 9.15. The molecule has 2 rings (SSSR count). The highest BCUT2D eigenvalue weighted by Crippen LogP contribution is 2.11. The number of nitrogens with zero attached hydrogens (tertiary/aromatic N) is 2. The molecular formula is C18H23FN2O4. The summed E-state index contributed by atoms with van der Waals surface area (Å²) in [4.78, 5) is 38.5. The van der Waals surface area contributed by atoms with Crippen molar-refractivity contribution in [1.29, 1.82) is 0 Å². The molecule has 2 amide bonds. The van der Waals surface area contributed by atoms with Gasteiger partial charge in [-0.05, 0) is 18.9 Å². The quantitative estimate of drug-likeness (QED) is 0.733. The second-order valence-corrected chi connectivity index (χ2v) is 6.13. The highest BCUT2D eigenvalue weighted by molar-refractivity contribution is 5.84. The zero-order valence-electron chi connectivity index (χ0n) is 14.4. The van der Waals surface area contributed by atoms with Crippen LogP contribution in [0.4, 0.5) is 4.39 Å². The average Bonchev–Trinajstić information content (AvgIpc) is 2.79. The number of carbonyl (C=O) groups excluding carboxylic acids is 3. The molecule has 0 bridgehead atoms. The molecule has 0 atom stereocenters. The van der Waals surface area contributed by atoms with Crippen LogP contribution in [0, 0.1) is 5.82 Å². The third kappa shape index (κ3) is 5.85. The van der Waals surface area contributed by atoms with Crippen LogP contribution in [0.2, 0.25) is 0 Å². The van der Waals surface area contributed by atoms with Gasteiger partial charge in [-0.2, -0.15) is 0 Å². The Kier molecular flexibility index (Phi) is 6.91. The zero-order chi connectivity index (χ0) is 18.2. The van der Waals surface area contributed by atoms with Crippen LogP contribution < -0.4 is 0 Å². The van der Waals surface area contributed by atoms with Crippen LogP contribution in [0.1, 0.15) is 31.2 Å². The van der Waals surface area contributed by atoms with Gasteiger partial charge in [0.1, 0.15) is 12.4 Å². The number of likely N-dealkylation sites (tertiary alicyclic amines) is 1. The van der Waals surface area contributed by atoms with Crippen molar-refractivity contribution in [3.8, 4) is 0 Å². The number of benzene rings is 1. The van der Waals surface area contributed by atoms with Crippen LogP contribution in [0.3, 0.4) is 0 Å². The van der Waals surface area contributed by atoms with Crippen molar-refractivity contribution < 1.29 is 23.5 Å². The predicted octanol–water partition coefficient (Wildman–Crippen LogP) is 1.73. The zero-order valence-corrected chi connectivity index (χ0v) is 14.4. The average molecular weight is 350 g/mol. The van der Waals surface area contributed by atoms with Gasteiger partial charge in [-0.3, -0.25) is 14.4 Å². The molecule has 0 N–H and O–H groups in total. The highest BCUT2D eigenvalue weighted by Gasteiger charge is 2.21. The molecule has 1 aromatic carbocycles. The monoisotopic (exact) mass is 350 g/mol. The van der Waals surface area contributed by atoms with Gasteiger partial charge in [0.2, 0.25) is 5.91 Å². The van der Waals surface area contributed by atoms with Gasteiger partial charge in [0.15, 0.2) is 6.61 Å². The minimum absolute atomic E-state index is 0.0579. The molecule has 1 heterocycles. The third-order valence-corrected chi connectivity index (χ3v) is 4.14. The number of carbonyl (C=O) groups is 3. The van der Waals surface area contributed by atoms with E-state index in [1.165, 1.54) is 22.9 Å². The van der Waals surface area contributed by atoms with Gasteiger partial charge in [0, 0.05) is 32.1 Å². The van der Waals surface area contributed by atoms with Gasteiger partial charge in [0.25, 0.3) is 5.91 Å². The van der Waals surface area contributed by atoms with Crippen LogP contribution in [0.5, 0.6) is 0 Å². The van der Waals surface area contributed by atoms with Crippen molar-refractivity contribution in [3.05, 3.63) is 35.6 Å².